The van der Waals surface area contributed by atoms with Crippen LogP contribution in [0.25, 0.3) is 0 Å². The Bertz CT molecular complexity index is 430. The largest absolute Gasteiger partial charge is 0.306 e. The summed E-state index contributed by atoms with van der Waals surface area (Å²) >= 11 is 0. The predicted octanol–water partition coefficient (Wildman–Crippen LogP) is 4.12. The fourth-order valence-electron chi connectivity index (χ4n) is 2.93. The molecule has 1 aliphatic rings. The molecule has 2 unspecified atom stereocenters. The molecule has 0 aliphatic heterocycles. The second kappa shape index (κ2) is 6.73. The molecule has 1 aliphatic carbocycles. The van der Waals surface area contributed by atoms with E-state index in [9.17, 15) is 5.26 Å². The van der Waals surface area contributed by atoms with Crippen LogP contribution in [0.2, 0.25) is 0 Å². The van der Waals surface area contributed by atoms with E-state index in [1.54, 1.807) is 0 Å². The molecule has 3 atom stereocenters. The number of hydrogen-bond donors (Lipinski definition) is 1. The molecule has 0 aromatic heterocycles. The minimum absolute atomic E-state index is 0.176. The lowest BCUT2D eigenvalue weighted by Gasteiger charge is -2.25. The van der Waals surface area contributed by atoms with Gasteiger partial charge in [-0.3, -0.25) is 0 Å². The van der Waals surface area contributed by atoms with E-state index in [1.807, 2.05) is 0 Å². The quantitative estimate of drug-likeness (QED) is 0.826. The summed E-state index contributed by atoms with van der Waals surface area (Å²) in [6.07, 6.45) is 5.91. The monoisotopic (exact) mass is 256 g/mol. The number of nitrogens with one attached hydrogen (secondary N) is 1. The summed E-state index contributed by atoms with van der Waals surface area (Å²) in [5.41, 5.74) is 2.60. The predicted molar refractivity (Wildman–Crippen MR) is 78.7 cm³/mol. The van der Waals surface area contributed by atoms with Crippen LogP contribution in [0.15, 0.2) is 24.3 Å². The van der Waals surface area contributed by atoms with E-state index in [-0.39, 0.29) is 5.92 Å². The van der Waals surface area contributed by atoms with Crippen LogP contribution in [0.1, 0.15) is 56.2 Å². The normalized spacial score (nSPS) is 25.3. The standard InChI is InChI=1S/C17H24N2/c1-13-8-10-15(11-9-13)14(2)19-17-7-5-3-4-6-16(17)12-18/h8-11,14,16-17,19H,3-7H2,1-2H3/t14-,16?,17?/m1/s1. The number of nitriles is 1. The first kappa shape index (κ1) is 14.1. The number of benzene rings is 1. The molecule has 0 amide bonds. The lowest BCUT2D eigenvalue weighted by atomic mass is 9.94. The van der Waals surface area contributed by atoms with Gasteiger partial charge in [-0.2, -0.15) is 5.26 Å². The van der Waals surface area contributed by atoms with E-state index in [0.29, 0.717) is 12.1 Å². The highest BCUT2D eigenvalue weighted by Crippen LogP contribution is 2.25. The molecule has 1 saturated carbocycles. The van der Waals surface area contributed by atoms with E-state index in [2.05, 4.69) is 49.5 Å². The van der Waals surface area contributed by atoms with E-state index in [4.69, 9.17) is 0 Å². The maximum Gasteiger partial charge on any atom is 0.0672 e. The minimum Gasteiger partial charge on any atom is -0.306 e. The second-order valence-electron chi connectivity index (χ2n) is 5.78. The summed E-state index contributed by atoms with van der Waals surface area (Å²) in [7, 11) is 0. The topological polar surface area (TPSA) is 35.8 Å². The lowest BCUT2D eigenvalue weighted by Crippen LogP contribution is -2.36. The van der Waals surface area contributed by atoms with Gasteiger partial charge in [-0.05, 0) is 32.3 Å². The van der Waals surface area contributed by atoms with Crippen molar-refractivity contribution in [1.29, 1.82) is 5.26 Å². The van der Waals surface area contributed by atoms with Crippen LogP contribution in [-0.4, -0.2) is 6.04 Å². The number of nitrogens with zero attached hydrogens (tertiary/aromatic N) is 1. The number of aryl methyl sites for hydroxylation is 1. The third-order valence-corrected chi connectivity index (χ3v) is 4.22. The summed E-state index contributed by atoms with van der Waals surface area (Å²) in [5, 5.41) is 13.0. The van der Waals surface area contributed by atoms with Crippen LogP contribution in [0.4, 0.5) is 0 Å². The Labute approximate surface area is 116 Å². The van der Waals surface area contributed by atoms with Crippen LogP contribution in [0.5, 0.6) is 0 Å². The molecule has 0 saturated heterocycles. The highest BCUT2D eigenvalue weighted by molar-refractivity contribution is 5.23. The van der Waals surface area contributed by atoms with Gasteiger partial charge in [-0.1, -0.05) is 49.1 Å². The van der Waals surface area contributed by atoms with Gasteiger partial charge >= 0.3 is 0 Å². The summed E-state index contributed by atoms with van der Waals surface area (Å²) in [6.45, 7) is 4.31. The maximum absolute atomic E-state index is 9.32. The Morgan fingerprint density at radius 3 is 2.53 bits per heavy atom. The molecule has 0 bridgehead atoms. The average Bonchev–Trinajstić information content (AvgIpc) is 2.64. The van der Waals surface area contributed by atoms with Crippen molar-refractivity contribution in [3.8, 4) is 6.07 Å². The van der Waals surface area contributed by atoms with Gasteiger partial charge in [0.05, 0.1) is 12.0 Å². The molecule has 0 radical (unpaired) electrons. The van der Waals surface area contributed by atoms with Gasteiger partial charge < -0.3 is 5.32 Å². The number of hydrogen-bond acceptors (Lipinski definition) is 2. The Morgan fingerprint density at radius 1 is 1.16 bits per heavy atom. The van der Waals surface area contributed by atoms with Crippen molar-refractivity contribution in [3.05, 3.63) is 35.4 Å². The molecule has 1 N–H and O–H groups in total. The van der Waals surface area contributed by atoms with E-state index >= 15 is 0 Å². The summed E-state index contributed by atoms with van der Waals surface area (Å²) in [6, 6.07) is 11.8. The minimum atomic E-state index is 0.176. The highest BCUT2D eigenvalue weighted by Gasteiger charge is 2.24. The Kier molecular flexibility index (Phi) is 4.99. The molecule has 0 spiro atoms. The fourth-order valence-corrected chi connectivity index (χ4v) is 2.93. The molecular weight excluding hydrogens is 232 g/mol. The molecular formula is C17H24N2. The fraction of sp³-hybridized carbons (Fsp3) is 0.588. The third kappa shape index (κ3) is 3.81. The van der Waals surface area contributed by atoms with E-state index in [0.717, 1.165) is 12.8 Å². The summed E-state index contributed by atoms with van der Waals surface area (Å²) in [4.78, 5) is 0. The smallest absolute Gasteiger partial charge is 0.0672 e. The van der Waals surface area contributed by atoms with Crippen molar-refractivity contribution in [2.75, 3.05) is 0 Å². The summed E-state index contributed by atoms with van der Waals surface area (Å²) < 4.78 is 0. The van der Waals surface area contributed by atoms with Crippen molar-refractivity contribution in [3.63, 3.8) is 0 Å². The molecule has 2 rings (SSSR count). The molecule has 1 fully saturated rings. The molecule has 2 nitrogen and oxygen atoms in total. The van der Waals surface area contributed by atoms with Crippen molar-refractivity contribution >= 4 is 0 Å². The van der Waals surface area contributed by atoms with Gasteiger partial charge in [0.25, 0.3) is 0 Å². The highest BCUT2D eigenvalue weighted by atomic mass is 15.0. The first-order chi connectivity index (χ1) is 9.20. The average molecular weight is 256 g/mol. The molecule has 1 aromatic rings. The van der Waals surface area contributed by atoms with Crippen LogP contribution in [0, 0.1) is 24.2 Å². The zero-order valence-corrected chi connectivity index (χ0v) is 12.0. The van der Waals surface area contributed by atoms with E-state index < -0.39 is 0 Å². The van der Waals surface area contributed by atoms with E-state index in [1.165, 1.54) is 30.4 Å². The molecule has 1 aromatic carbocycles. The van der Waals surface area contributed by atoms with Gasteiger partial charge in [-0.25, -0.2) is 0 Å². The SMILES string of the molecule is Cc1ccc([C@@H](C)NC2CCCCCC2C#N)cc1. The zero-order chi connectivity index (χ0) is 13.7. The first-order valence-electron chi connectivity index (χ1n) is 7.43. The zero-order valence-electron chi connectivity index (χ0n) is 12.0. The van der Waals surface area contributed by atoms with Gasteiger partial charge in [0.15, 0.2) is 0 Å². The van der Waals surface area contributed by atoms with Crippen molar-refractivity contribution in [1.82, 2.24) is 5.32 Å². The molecule has 102 valence electrons. The van der Waals surface area contributed by atoms with Gasteiger partial charge in [-0.15, -0.1) is 0 Å². The van der Waals surface area contributed by atoms with Crippen molar-refractivity contribution < 1.29 is 0 Å². The molecule has 0 heterocycles. The third-order valence-electron chi connectivity index (χ3n) is 4.22. The molecule has 19 heavy (non-hydrogen) atoms. The van der Waals surface area contributed by atoms with Gasteiger partial charge in [0.2, 0.25) is 0 Å². The van der Waals surface area contributed by atoms with Crippen LogP contribution >= 0.6 is 0 Å². The van der Waals surface area contributed by atoms with Gasteiger partial charge in [0.1, 0.15) is 0 Å². The van der Waals surface area contributed by atoms with Gasteiger partial charge in [0, 0.05) is 12.1 Å². The van der Waals surface area contributed by atoms with Crippen LogP contribution < -0.4 is 5.32 Å². The van der Waals surface area contributed by atoms with Crippen molar-refractivity contribution in [2.45, 2.75) is 58.0 Å². The summed E-state index contributed by atoms with van der Waals surface area (Å²) in [5.74, 6) is 0.176. The lowest BCUT2D eigenvalue weighted by molar-refractivity contribution is 0.361. The maximum atomic E-state index is 9.32. The Morgan fingerprint density at radius 2 is 1.84 bits per heavy atom. The van der Waals surface area contributed by atoms with Crippen LogP contribution in [-0.2, 0) is 0 Å². The Hall–Kier alpha value is -1.33. The van der Waals surface area contributed by atoms with Crippen LogP contribution in [0.3, 0.4) is 0 Å². The van der Waals surface area contributed by atoms with Crippen molar-refractivity contribution in [2.24, 2.45) is 5.92 Å². The molecule has 2 heteroatoms. The second-order valence-corrected chi connectivity index (χ2v) is 5.78. The Balaban J connectivity index is 2.02. The first-order valence-corrected chi connectivity index (χ1v) is 7.43. The number of rotatable bonds is 3.